The maximum absolute atomic E-state index is 6.07. The summed E-state index contributed by atoms with van der Waals surface area (Å²) in [5.74, 6) is 1.68. The highest BCUT2D eigenvalue weighted by atomic mass is 35.5. The molecule has 1 aromatic heterocycles. The van der Waals surface area contributed by atoms with Crippen LogP contribution in [-0.4, -0.2) is 15.9 Å². The van der Waals surface area contributed by atoms with E-state index in [4.69, 9.17) is 22.1 Å². The zero-order chi connectivity index (χ0) is 16.2. The normalized spacial score (nSPS) is 11.0. The molecular weight excluding hydrogens is 312 g/mol. The third kappa shape index (κ3) is 3.70. The number of nitrogens with zero attached hydrogens (tertiary/aromatic N) is 3. The number of nitrogen functional groups attached to an aromatic ring is 1. The van der Waals surface area contributed by atoms with Crippen molar-refractivity contribution >= 4 is 23.8 Å². The SMILES string of the molecule is Cc1cn(N=Cc2ccc(Oc3ccccc3Cl)cc2)c(N)n1. The molecule has 0 atom stereocenters. The summed E-state index contributed by atoms with van der Waals surface area (Å²) in [7, 11) is 0. The van der Waals surface area contributed by atoms with E-state index >= 15 is 0 Å². The number of ether oxygens (including phenoxy) is 1. The topological polar surface area (TPSA) is 65.4 Å². The molecule has 3 rings (SSSR count). The summed E-state index contributed by atoms with van der Waals surface area (Å²) < 4.78 is 7.27. The maximum Gasteiger partial charge on any atom is 0.221 e. The molecule has 3 aromatic rings. The molecule has 0 fully saturated rings. The first-order valence-electron chi connectivity index (χ1n) is 7.00. The molecule has 2 aromatic carbocycles. The summed E-state index contributed by atoms with van der Waals surface area (Å²) in [6, 6.07) is 14.8. The lowest BCUT2D eigenvalue weighted by Crippen LogP contribution is -1.96. The second-order valence-corrected chi connectivity index (χ2v) is 5.34. The van der Waals surface area contributed by atoms with Crippen molar-refractivity contribution < 1.29 is 4.74 Å². The number of imidazole rings is 1. The largest absolute Gasteiger partial charge is 0.456 e. The molecule has 2 N–H and O–H groups in total. The van der Waals surface area contributed by atoms with Gasteiger partial charge in [0.05, 0.1) is 23.1 Å². The zero-order valence-corrected chi connectivity index (χ0v) is 13.2. The summed E-state index contributed by atoms with van der Waals surface area (Å²) in [6.07, 6.45) is 3.47. The lowest BCUT2D eigenvalue weighted by atomic mass is 10.2. The molecule has 116 valence electrons. The Balaban J connectivity index is 1.72. The van der Waals surface area contributed by atoms with Gasteiger partial charge in [-0.15, -0.1) is 0 Å². The van der Waals surface area contributed by atoms with E-state index in [1.165, 1.54) is 4.68 Å². The number of para-hydroxylation sites is 1. The first-order chi connectivity index (χ1) is 11.1. The van der Waals surface area contributed by atoms with Gasteiger partial charge in [-0.2, -0.15) is 5.10 Å². The minimum absolute atomic E-state index is 0.359. The van der Waals surface area contributed by atoms with Crippen molar-refractivity contribution in [1.82, 2.24) is 9.66 Å². The van der Waals surface area contributed by atoms with Gasteiger partial charge < -0.3 is 10.5 Å². The Hall–Kier alpha value is -2.79. The van der Waals surface area contributed by atoms with E-state index in [9.17, 15) is 0 Å². The van der Waals surface area contributed by atoms with E-state index in [1.807, 2.05) is 49.4 Å². The molecule has 0 unspecified atom stereocenters. The Morgan fingerprint density at radius 1 is 1.17 bits per heavy atom. The molecule has 0 spiro atoms. The fourth-order valence-electron chi connectivity index (χ4n) is 2.00. The van der Waals surface area contributed by atoms with E-state index in [-0.39, 0.29) is 0 Å². The monoisotopic (exact) mass is 326 g/mol. The highest BCUT2D eigenvalue weighted by molar-refractivity contribution is 6.32. The number of hydrogen-bond acceptors (Lipinski definition) is 4. The van der Waals surface area contributed by atoms with Crippen LogP contribution in [0.3, 0.4) is 0 Å². The summed E-state index contributed by atoms with van der Waals surface area (Å²) in [4.78, 5) is 4.09. The van der Waals surface area contributed by atoms with Crippen LogP contribution < -0.4 is 10.5 Å². The van der Waals surface area contributed by atoms with Gasteiger partial charge in [-0.1, -0.05) is 23.7 Å². The summed E-state index contributed by atoms with van der Waals surface area (Å²) in [6.45, 7) is 1.86. The van der Waals surface area contributed by atoms with Gasteiger partial charge in [0.2, 0.25) is 5.95 Å². The number of rotatable bonds is 4. The minimum atomic E-state index is 0.359. The molecule has 0 amide bonds. The van der Waals surface area contributed by atoms with Crippen molar-refractivity contribution in [3.8, 4) is 11.5 Å². The highest BCUT2D eigenvalue weighted by Gasteiger charge is 2.02. The van der Waals surface area contributed by atoms with Crippen LogP contribution >= 0.6 is 11.6 Å². The molecule has 0 aliphatic heterocycles. The molecule has 0 aliphatic carbocycles. The van der Waals surface area contributed by atoms with Gasteiger partial charge in [-0.3, -0.25) is 0 Å². The number of nitrogens with two attached hydrogens (primary N) is 1. The number of aryl methyl sites for hydroxylation is 1. The third-order valence-electron chi connectivity index (χ3n) is 3.11. The smallest absolute Gasteiger partial charge is 0.221 e. The minimum Gasteiger partial charge on any atom is -0.456 e. The molecule has 23 heavy (non-hydrogen) atoms. The van der Waals surface area contributed by atoms with Gasteiger partial charge in [0, 0.05) is 0 Å². The Bertz CT molecular complexity index is 840. The van der Waals surface area contributed by atoms with Crippen molar-refractivity contribution in [2.75, 3.05) is 5.73 Å². The van der Waals surface area contributed by atoms with Crippen LogP contribution in [0.15, 0.2) is 59.8 Å². The number of aromatic nitrogens is 2. The average molecular weight is 327 g/mol. The fraction of sp³-hybridized carbons (Fsp3) is 0.0588. The number of halogens is 1. The molecular formula is C17H15ClN4O. The fourth-order valence-corrected chi connectivity index (χ4v) is 2.18. The van der Waals surface area contributed by atoms with E-state index in [0.717, 1.165) is 11.3 Å². The molecule has 0 saturated heterocycles. The molecule has 5 nitrogen and oxygen atoms in total. The Morgan fingerprint density at radius 2 is 1.91 bits per heavy atom. The van der Waals surface area contributed by atoms with Crippen LogP contribution in [-0.2, 0) is 0 Å². The second-order valence-electron chi connectivity index (χ2n) is 4.93. The maximum atomic E-state index is 6.07. The van der Waals surface area contributed by atoms with Crippen LogP contribution in [0.25, 0.3) is 0 Å². The van der Waals surface area contributed by atoms with Crippen LogP contribution in [0.4, 0.5) is 5.95 Å². The molecule has 0 radical (unpaired) electrons. The Morgan fingerprint density at radius 3 is 2.57 bits per heavy atom. The van der Waals surface area contributed by atoms with Crippen LogP contribution in [0.2, 0.25) is 5.02 Å². The predicted molar refractivity (Wildman–Crippen MR) is 92.3 cm³/mol. The zero-order valence-electron chi connectivity index (χ0n) is 12.5. The Labute approximate surface area is 139 Å². The summed E-state index contributed by atoms with van der Waals surface area (Å²) >= 11 is 6.07. The van der Waals surface area contributed by atoms with Crippen molar-refractivity contribution in [3.63, 3.8) is 0 Å². The molecule has 1 heterocycles. The number of hydrogen-bond donors (Lipinski definition) is 1. The van der Waals surface area contributed by atoms with Crippen molar-refractivity contribution in [2.45, 2.75) is 6.92 Å². The Kier molecular flexibility index (Phi) is 4.30. The van der Waals surface area contributed by atoms with Crippen molar-refractivity contribution in [1.29, 1.82) is 0 Å². The van der Waals surface area contributed by atoms with Gasteiger partial charge in [-0.25, -0.2) is 9.66 Å². The number of anilines is 1. The third-order valence-corrected chi connectivity index (χ3v) is 3.42. The highest BCUT2D eigenvalue weighted by Crippen LogP contribution is 2.28. The summed E-state index contributed by atoms with van der Waals surface area (Å²) in [5, 5.41) is 4.84. The lowest BCUT2D eigenvalue weighted by molar-refractivity contribution is 0.483. The van der Waals surface area contributed by atoms with Crippen molar-refractivity contribution in [3.05, 3.63) is 71.0 Å². The lowest BCUT2D eigenvalue weighted by Gasteiger charge is -2.07. The van der Waals surface area contributed by atoms with Crippen molar-refractivity contribution in [2.24, 2.45) is 5.10 Å². The van der Waals surface area contributed by atoms with Gasteiger partial charge in [0.15, 0.2) is 0 Å². The van der Waals surface area contributed by atoms with E-state index in [2.05, 4.69) is 10.1 Å². The van der Waals surface area contributed by atoms with Crippen LogP contribution in [0.1, 0.15) is 11.3 Å². The quantitative estimate of drug-likeness (QED) is 0.734. The van der Waals surface area contributed by atoms with Gasteiger partial charge in [-0.05, 0) is 48.9 Å². The second kappa shape index (κ2) is 6.54. The average Bonchev–Trinajstić information content (AvgIpc) is 2.87. The van der Waals surface area contributed by atoms with Gasteiger partial charge >= 0.3 is 0 Å². The molecule has 0 bridgehead atoms. The van der Waals surface area contributed by atoms with E-state index in [1.54, 1.807) is 18.5 Å². The first-order valence-corrected chi connectivity index (χ1v) is 7.38. The molecule has 0 aliphatic rings. The molecule has 0 saturated carbocycles. The van der Waals surface area contributed by atoms with Crippen LogP contribution in [0, 0.1) is 6.92 Å². The standard InChI is InChI=1S/C17H15ClN4O/c1-12-11-22(17(19)21-12)20-10-13-6-8-14(9-7-13)23-16-5-3-2-4-15(16)18/h2-11H,1H3,(H2,19,21). The number of benzene rings is 2. The summed E-state index contributed by atoms with van der Waals surface area (Å²) in [5.41, 5.74) is 7.48. The van der Waals surface area contributed by atoms with E-state index in [0.29, 0.717) is 22.5 Å². The van der Waals surface area contributed by atoms with Gasteiger partial charge in [0.25, 0.3) is 0 Å². The van der Waals surface area contributed by atoms with E-state index < -0.39 is 0 Å². The first kappa shape index (κ1) is 15.1. The van der Waals surface area contributed by atoms with Gasteiger partial charge in [0.1, 0.15) is 11.5 Å². The van der Waals surface area contributed by atoms with Crippen LogP contribution in [0.5, 0.6) is 11.5 Å². The molecule has 6 heteroatoms. The predicted octanol–water partition coefficient (Wildman–Crippen LogP) is 4.10.